The number of hydrogen-bond donors (Lipinski definition) is 2. The zero-order valence-electron chi connectivity index (χ0n) is 17.4. The molecule has 2 N–H and O–H groups in total. The van der Waals surface area contributed by atoms with E-state index in [1.165, 1.54) is 12.8 Å². The SMILES string of the molecule is Cn1ncc(Br)c1-c1cc(NC(=O)CCc2nccs2)ccc1OCCC1CCCN1. The summed E-state index contributed by atoms with van der Waals surface area (Å²) < 4.78 is 8.85. The third-order valence-electron chi connectivity index (χ3n) is 5.35. The molecule has 7 nitrogen and oxygen atoms in total. The van der Waals surface area contributed by atoms with Crippen LogP contribution < -0.4 is 15.4 Å². The van der Waals surface area contributed by atoms with Crippen molar-refractivity contribution in [3.05, 3.63) is 45.5 Å². The molecular formula is C22H26BrN5O2S. The minimum absolute atomic E-state index is 0.0359. The van der Waals surface area contributed by atoms with Gasteiger partial charge in [-0.05, 0) is 59.9 Å². The van der Waals surface area contributed by atoms with Crippen LogP contribution in [-0.2, 0) is 18.3 Å². The number of thiazole rings is 1. The number of nitrogens with one attached hydrogen (secondary N) is 2. The molecule has 2 aromatic heterocycles. The number of nitrogens with zero attached hydrogens (tertiary/aromatic N) is 3. The third-order valence-corrected chi connectivity index (χ3v) is 6.77. The quantitative estimate of drug-likeness (QED) is 0.452. The summed E-state index contributed by atoms with van der Waals surface area (Å²) in [4.78, 5) is 16.7. The number of benzene rings is 1. The number of hydrogen-bond acceptors (Lipinski definition) is 6. The number of rotatable bonds is 9. The van der Waals surface area contributed by atoms with Gasteiger partial charge in [-0.1, -0.05) is 0 Å². The lowest BCUT2D eigenvalue weighted by Gasteiger charge is -2.16. The molecule has 164 valence electrons. The van der Waals surface area contributed by atoms with Crippen molar-refractivity contribution in [2.75, 3.05) is 18.5 Å². The molecule has 0 aliphatic carbocycles. The van der Waals surface area contributed by atoms with Gasteiger partial charge in [0.2, 0.25) is 5.91 Å². The predicted molar refractivity (Wildman–Crippen MR) is 127 cm³/mol. The number of ether oxygens (including phenoxy) is 1. The fourth-order valence-electron chi connectivity index (χ4n) is 3.77. The van der Waals surface area contributed by atoms with Gasteiger partial charge < -0.3 is 15.4 Å². The summed E-state index contributed by atoms with van der Waals surface area (Å²) in [5.74, 6) is 0.745. The number of halogens is 1. The molecule has 0 saturated carbocycles. The van der Waals surface area contributed by atoms with Crippen LogP contribution in [0.15, 0.2) is 40.4 Å². The summed E-state index contributed by atoms with van der Waals surface area (Å²) in [6.07, 6.45) is 7.97. The van der Waals surface area contributed by atoms with Crippen LogP contribution in [0.25, 0.3) is 11.3 Å². The standard InChI is InChI=1S/C22H26BrN5O2S/c1-28-22(18(23)14-26-28)17-13-16(27-20(29)6-7-21-25-10-12-31-21)4-5-19(17)30-11-8-15-3-2-9-24-15/h4-5,10,12-15,24H,2-3,6-9,11H2,1H3,(H,27,29). The van der Waals surface area contributed by atoms with Crippen molar-refractivity contribution < 1.29 is 9.53 Å². The van der Waals surface area contributed by atoms with Crippen LogP contribution in [0.5, 0.6) is 5.75 Å². The van der Waals surface area contributed by atoms with E-state index in [1.54, 1.807) is 28.4 Å². The van der Waals surface area contributed by atoms with Crippen molar-refractivity contribution in [3.63, 3.8) is 0 Å². The highest BCUT2D eigenvalue weighted by Gasteiger charge is 2.18. The molecule has 9 heteroatoms. The third kappa shape index (κ3) is 5.72. The highest BCUT2D eigenvalue weighted by molar-refractivity contribution is 9.10. The molecule has 1 atom stereocenters. The number of carbonyl (C=O) groups is 1. The first-order valence-electron chi connectivity index (χ1n) is 10.5. The van der Waals surface area contributed by atoms with Gasteiger partial charge in [0, 0.05) is 48.8 Å². The molecule has 1 fully saturated rings. The Morgan fingerprint density at radius 3 is 3.06 bits per heavy atom. The Bertz CT molecular complexity index is 996. The molecular weight excluding hydrogens is 478 g/mol. The van der Waals surface area contributed by atoms with Gasteiger partial charge in [-0.15, -0.1) is 11.3 Å². The van der Waals surface area contributed by atoms with E-state index in [0.29, 0.717) is 25.5 Å². The molecule has 1 aliphatic rings. The van der Waals surface area contributed by atoms with Crippen molar-refractivity contribution in [1.29, 1.82) is 0 Å². The van der Waals surface area contributed by atoms with E-state index in [-0.39, 0.29) is 5.91 Å². The van der Waals surface area contributed by atoms with Crippen molar-refractivity contribution >= 4 is 38.9 Å². The summed E-state index contributed by atoms with van der Waals surface area (Å²) in [6.45, 7) is 1.73. The van der Waals surface area contributed by atoms with Crippen LogP contribution in [0.2, 0.25) is 0 Å². The molecule has 31 heavy (non-hydrogen) atoms. The van der Waals surface area contributed by atoms with Crippen molar-refractivity contribution in [2.45, 2.75) is 38.1 Å². The van der Waals surface area contributed by atoms with E-state index in [1.807, 2.05) is 30.6 Å². The lowest BCUT2D eigenvalue weighted by molar-refractivity contribution is -0.116. The van der Waals surface area contributed by atoms with Gasteiger partial charge in [0.05, 0.1) is 28.0 Å². The van der Waals surface area contributed by atoms with Gasteiger partial charge in [0.15, 0.2) is 0 Å². The Hall–Kier alpha value is -2.23. The molecule has 1 unspecified atom stereocenters. The van der Waals surface area contributed by atoms with Crippen molar-refractivity contribution in [3.8, 4) is 17.0 Å². The molecule has 3 aromatic rings. The minimum Gasteiger partial charge on any atom is -0.493 e. The van der Waals surface area contributed by atoms with Crippen LogP contribution in [0.4, 0.5) is 5.69 Å². The molecule has 3 heterocycles. The molecule has 0 radical (unpaired) electrons. The van der Waals surface area contributed by atoms with Crippen LogP contribution in [0, 0.1) is 0 Å². The van der Waals surface area contributed by atoms with E-state index in [4.69, 9.17) is 4.74 Å². The predicted octanol–water partition coefficient (Wildman–Crippen LogP) is 4.40. The summed E-state index contributed by atoms with van der Waals surface area (Å²) >= 11 is 5.16. The molecule has 1 aliphatic heterocycles. The van der Waals surface area contributed by atoms with Crippen LogP contribution >= 0.6 is 27.3 Å². The van der Waals surface area contributed by atoms with Gasteiger partial charge >= 0.3 is 0 Å². The Kier molecular flexibility index (Phi) is 7.37. The maximum absolute atomic E-state index is 12.4. The first-order chi connectivity index (χ1) is 15.1. The van der Waals surface area contributed by atoms with Gasteiger partial charge in [0.1, 0.15) is 5.75 Å². The normalized spacial score (nSPS) is 15.9. The smallest absolute Gasteiger partial charge is 0.224 e. The number of aromatic nitrogens is 3. The van der Waals surface area contributed by atoms with Crippen molar-refractivity contribution in [1.82, 2.24) is 20.1 Å². The fourth-order valence-corrected chi connectivity index (χ4v) is 4.95. The largest absolute Gasteiger partial charge is 0.493 e. The second kappa shape index (κ2) is 10.4. The topological polar surface area (TPSA) is 81.1 Å². The van der Waals surface area contributed by atoms with Crippen LogP contribution in [0.3, 0.4) is 0 Å². The molecule has 4 rings (SSSR count). The summed E-state index contributed by atoms with van der Waals surface area (Å²) in [6, 6.07) is 6.29. The zero-order chi connectivity index (χ0) is 21.6. The molecule has 1 saturated heterocycles. The monoisotopic (exact) mass is 503 g/mol. The fraction of sp³-hybridized carbons (Fsp3) is 0.409. The molecule has 0 bridgehead atoms. The second-order valence-corrected chi connectivity index (χ2v) is 9.41. The first-order valence-corrected chi connectivity index (χ1v) is 12.1. The Morgan fingerprint density at radius 2 is 2.35 bits per heavy atom. The lowest BCUT2D eigenvalue weighted by Crippen LogP contribution is -2.23. The van der Waals surface area contributed by atoms with E-state index >= 15 is 0 Å². The minimum atomic E-state index is -0.0359. The Balaban J connectivity index is 1.48. The number of aryl methyl sites for hydroxylation is 2. The summed E-state index contributed by atoms with van der Waals surface area (Å²) in [7, 11) is 1.89. The van der Waals surface area contributed by atoms with Gasteiger partial charge in [-0.3, -0.25) is 9.48 Å². The maximum atomic E-state index is 12.4. The van der Waals surface area contributed by atoms with E-state index in [2.05, 4.69) is 36.6 Å². The lowest BCUT2D eigenvalue weighted by atomic mass is 10.1. The van der Waals surface area contributed by atoms with Crippen molar-refractivity contribution in [2.24, 2.45) is 7.05 Å². The average molecular weight is 504 g/mol. The van der Waals surface area contributed by atoms with Crippen LogP contribution in [-0.4, -0.2) is 39.9 Å². The average Bonchev–Trinajstić information content (AvgIpc) is 3.51. The summed E-state index contributed by atoms with van der Waals surface area (Å²) in [5, 5.41) is 13.7. The van der Waals surface area contributed by atoms with Gasteiger partial charge in [-0.2, -0.15) is 5.10 Å². The zero-order valence-corrected chi connectivity index (χ0v) is 19.8. The number of anilines is 1. The molecule has 1 amide bonds. The van der Waals surface area contributed by atoms with Gasteiger partial charge in [0.25, 0.3) is 0 Å². The number of amides is 1. The van der Waals surface area contributed by atoms with E-state index in [9.17, 15) is 4.79 Å². The second-order valence-electron chi connectivity index (χ2n) is 7.58. The summed E-state index contributed by atoms with van der Waals surface area (Å²) in [5.41, 5.74) is 2.54. The maximum Gasteiger partial charge on any atom is 0.224 e. The Labute approximate surface area is 194 Å². The highest BCUT2D eigenvalue weighted by atomic mass is 79.9. The van der Waals surface area contributed by atoms with E-state index < -0.39 is 0 Å². The Morgan fingerprint density at radius 1 is 1.45 bits per heavy atom. The number of carbonyl (C=O) groups excluding carboxylic acids is 1. The first kappa shape index (κ1) is 22.0. The highest BCUT2D eigenvalue weighted by Crippen LogP contribution is 2.37. The van der Waals surface area contributed by atoms with E-state index in [0.717, 1.165) is 45.1 Å². The van der Waals surface area contributed by atoms with Gasteiger partial charge in [-0.25, -0.2) is 4.98 Å². The molecule has 1 aromatic carbocycles. The van der Waals surface area contributed by atoms with Crippen LogP contribution in [0.1, 0.15) is 30.7 Å². The molecule has 0 spiro atoms.